The van der Waals surface area contributed by atoms with Crippen molar-refractivity contribution in [3.05, 3.63) is 28.8 Å². The van der Waals surface area contributed by atoms with Gasteiger partial charge in [0.1, 0.15) is 0 Å². The van der Waals surface area contributed by atoms with E-state index in [0.717, 1.165) is 22.7 Å². The van der Waals surface area contributed by atoms with Gasteiger partial charge in [-0.25, -0.2) is 4.79 Å². The minimum Gasteiger partial charge on any atom is -0.351 e. The molecular formula is C13H18N2O. The molecule has 1 aliphatic rings. The zero-order valence-corrected chi connectivity index (χ0v) is 9.84. The highest BCUT2D eigenvalue weighted by Crippen LogP contribution is 2.34. The number of carbonyl (C=O) groups excluding carboxylic acids is 1. The quantitative estimate of drug-likeness (QED) is 0.805. The van der Waals surface area contributed by atoms with Crippen LogP contribution in [0.15, 0.2) is 12.1 Å². The number of nitrogens with two attached hydrogens (primary N) is 1. The molecule has 0 saturated heterocycles. The first-order valence-electron chi connectivity index (χ1n) is 5.73. The zero-order chi connectivity index (χ0) is 11.7. The third-order valence-electron chi connectivity index (χ3n) is 3.06. The second kappa shape index (κ2) is 4.16. The van der Waals surface area contributed by atoms with Gasteiger partial charge in [-0.15, -0.1) is 0 Å². The molecule has 2 rings (SSSR count). The largest absolute Gasteiger partial charge is 0.351 e. The first kappa shape index (κ1) is 11.0. The Morgan fingerprint density at radius 1 is 1.38 bits per heavy atom. The predicted octanol–water partition coefficient (Wildman–Crippen LogP) is 2.75. The van der Waals surface area contributed by atoms with Crippen LogP contribution in [0.25, 0.3) is 0 Å². The van der Waals surface area contributed by atoms with Gasteiger partial charge in [0.05, 0.1) is 0 Å². The lowest BCUT2D eigenvalue weighted by Gasteiger charge is -2.12. The lowest BCUT2D eigenvalue weighted by molar-refractivity contribution is 0.259. The van der Waals surface area contributed by atoms with Crippen molar-refractivity contribution in [2.45, 2.75) is 33.1 Å². The summed E-state index contributed by atoms with van der Waals surface area (Å²) in [4.78, 5) is 10.9. The molecule has 3 heteroatoms. The lowest BCUT2D eigenvalue weighted by atomic mass is 10.0. The minimum absolute atomic E-state index is 0.499. The minimum atomic E-state index is -0.499. The van der Waals surface area contributed by atoms with E-state index in [0.29, 0.717) is 0 Å². The molecule has 0 heterocycles. The van der Waals surface area contributed by atoms with Crippen molar-refractivity contribution in [2.75, 3.05) is 5.32 Å². The van der Waals surface area contributed by atoms with E-state index in [9.17, 15) is 4.79 Å². The number of hydrogen-bond acceptors (Lipinski definition) is 1. The van der Waals surface area contributed by atoms with Crippen LogP contribution in [0.1, 0.15) is 29.5 Å². The highest BCUT2D eigenvalue weighted by atomic mass is 16.2. The molecule has 1 aromatic carbocycles. The zero-order valence-electron chi connectivity index (χ0n) is 9.84. The molecule has 0 aromatic heterocycles. The Morgan fingerprint density at radius 2 is 1.94 bits per heavy atom. The van der Waals surface area contributed by atoms with E-state index in [2.05, 4.69) is 17.4 Å². The molecule has 2 amide bonds. The molecule has 0 bridgehead atoms. The van der Waals surface area contributed by atoms with Crippen molar-refractivity contribution >= 4 is 11.7 Å². The maximum Gasteiger partial charge on any atom is 0.316 e. The van der Waals surface area contributed by atoms with Crippen molar-refractivity contribution in [1.82, 2.24) is 0 Å². The summed E-state index contributed by atoms with van der Waals surface area (Å²) in [6.07, 6.45) is 3.89. The number of urea groups is 1. The summed E-state index contributed by atoms with van der Waals surface area (Å²) >= 11 is 0. The molecule has 86 valence electrons. The standard InChI is InChI=1S/C13H18N2O/c1-8-5-11(7-10-3-4-10)6-9(2)12(8)15-13(14)16/h5-6,10H,3-4,7H2,1-2H3,(H3,14,15,16). The normalized spacial score (nSPS) is 14.9. The molecule has 0 aliphatic heterocycles. The number of amides is 2. The Kier molecular flexibility index (Phi) is 2.86. The highest BCUT2D eigenvalue weighted by Gasteiger charge is 2.21. The van der Waals surface area contributed by atoms with Gasteiger partial charge in [0.25, 0.3) is 0 Å². The van der Waals surface area contributed by atoms with Gasteiger partial charge in [-0.05, 0) is 55.7 Å². The van der Waals surface area contributed by atoms with E-state index in [1.165, 1.54) is 24.8 Å². The fraction of sp³-hybridized carbons (Fsp3) is 0.462. The number of carbonyl (C=O) groups is 1. The van der Waals surface area contributed by atoms with E-state index in [1.807, 2.05) is 13.8 Å². The van der Waals surface area contributed by atoms with Gasteiger partial charge in [-0.2, -0.15) is 0 Å². The number of hydrogen-bond donors (Lipinski definition) is 2. The van der Waals surface area contributed by atoms with Crippen molar-refractivity contribution in [3.8, 4) is 0 Å². The van der Waals surface area contributed by atoms with E-state index in [1.54, 1.807) is 0 Å². The van der Waals surface area contributed by atoms with E-state index >= 15 is 0 Å². The summed E-state index contributed by atoms with van der Waals surface area (Å²) in [6.45, 7) is 4.02. The van der Waals surface area contributed by atoms with Crippen LogP contribution < -0.4 is 11.1 Å². The van der Waals surface area contributed by atoms with Gasteiger partial charge < -0.3 is 11.1 Å². The molecule has 3 nitrogen and oxygen atoms in total. The molecule has 0 unspecified atom stereocenters. The summed E-state index contributed by atoms with van der Waals surface area (Å²) < 4.78 is 0. The number of nitrogens with one attached hydrogen (secondary N) is 1. The molecule has 1 fully saturated rings. The maximum absolute atomic E-state index is 10.9. The molecule has 0 spiro atoms. The summed E-state index contributed by atoms with van der Waals surface area (Å²) in [6, 6.07) is 3.80. The van der Waals surface area contributed by atoms with Crippen molar-refractivity contribution in [2.24, 2.45) is 11.7 Å². The van der Waals surface area contributed by atoms with Crippen LogP contribution in [-0.4, -0.2) is 6.03 Å². The Bertz CT molecular complexity index is 399. The van der Waals surface area contributed by atoms with E-state index < -0.39 is 6.03 Å². The van der Waals surface area contributed by atoms with Crippen LogP contribution in [0.4, 0.5) is 10.5 Å². The SMILES string of the molecule is Cc1cc(CC2CC2)cc(C)c1NC(N)=O. The first-order valence-corrected chi connectivity index (χ1v) is 5.73. The predicted molar refractivity (Wildman–Crippen MR) is 65.6 cm³/mol. The van der Waals surface area contributed by atoms with Crippen LogP contribution in [0.3, 0.4) is 0 Å². The van der Waals surface area contributed by atoms with Gasteiger partial charge in [0, 0.05) is 5.69 Å². The van der Waals surface area contributed by atoms with Crippen molar-refractivity contribution in [3.63, 3.8) is 0 Å². The third-order valence-corrected chi connectivity index (χ3v) is 3.06. The molecule has 3 N–H and O–H groups in total. The Morgan fingerprint density at radius 3 is 2.38 bits per heavy atom. The number of aryl methyl sites for hydroxylation is 2. The average molecular weight is 218 g/mol. The lowest BCUT2D eigenvalue weighted by Crippen LogP contribution is -2.20. The van der Waals surface area contributed by atoms with Gasteiger partial charge in [-0.1, -0.05) is 12.1 Å². The number of primary amides is 1. The van der Waals surface area contributed by atoms with Gasteiger partial charge in [-0.3, -0.25) is 0 Å². The van der Waals surface area contributed by atoms with Gasteiger partial charge >= 0.3 is 6.03 Å². The Labute approximate surface area is 96.0 Å². The maximum atomic E-state index is 10.9. The average Bonchev–Trinajstić information content (AvgIpc) is 2.95. The Hall–Kier alpha value is -1.51. The molecule has 0 radical (unpaired) electrons. The highest BCUT2D eigenvalue weighted by molar-refractivity contribution is 5.89. The summed E-state index contributed by atoms with van der Waals surface area (Å²) in [5, 5.41) is 2.68. The molecule has 1 saturated carbocycles. The van der Waals surface area contributed by atoms with E-state index in [-0.39, 0.29) is 0 Å². The Balaban J connectivity index is 2.22. The number of anilines is 1. The van der Waals surface area contributed by atoms with E-state index in [4.69, 9.17) is 5.73 Å². The van der Waals surface area contributed by atoms with Crippen LogP contribution >= 0.6 is 0 Å². The van der Waals surface area contributed by atoms with Crippen LogP contribution in [-0.2, 0) is 6.42 Å². The summed E-state index contributed by atoms with van der Waals surface area (Å²) in [7, 11) is 0. The van der Waals surface area contributed by atoms with Crippen LogP contribution in [0.2, 0.25) is 0 Å². The first-order chi connectivity index (χ1) is 7.56. The van der Waals surface area contributed by atoms with Crippen LogP contribution in [0, 0.1) is 19.8 Å². The van der Waals surface area contributed by atoms with Crippen molar-refractivity contribution in [1.29, 1.82) is 0 Å². The monoisotopic (exact) mass is 218 g/mol. The second-order valence-electron chi connectivity index (χ2n) is 4.74. The van der Waals surface area contributed by atoms with Gasteiger partial charge in [0.2, 0.25) is 0 Å². The second-order valence-corrected chi connectivity index (χ2v) is 4.74. The fourth-order valence-electron chi connectivity index (χ4n) is 2.15. The topological polar surface area (TPSA) is 55.1 Å². The number of benzene rings is 1. The summed E-state index contributed by atoms with van der Waals surface area (Å²) in [5.74, 6) is 0.883. The van der Waals surface area contributed by atoms with Gasteiger partial charge in [0.15, 0.2) is 0 Å². The van der Waals surface area contributed by atoms with Crippen LogP contribution in [0.5, 0.6) is 0 Å². The molecule has 1 aliphatic carbocycles. The smallest absolute Gasteiger partial charge is 0.316 e. The third kappa shape index (κ3) is 2.54. The number of rotatable bonds is 3. The molecule has 0 atom stereocenters. The molecular weight excluding hydrogens is 200 g/mol. The fourth-order valence-corrected chi connectivity index (χ4v) is 2.15. The van der Waals surface area contributed by atoms with Crippen molar-refractivity contribution < 1.29 is 4.79 Å². The summed E-state index contributed by atoms with van der Waals surface area (Å²) in [5.41, 5.74) is 9.55. The molecule has 1 aromatic rings. The molecule has 16 heavy (non-hydrogen) atoms.